The first-order valence-corrected chi connectivity index (χ1v) is 6.74. The third-order valence-electron chi connectivity index (χ3n) is 2.69. The Kier molecular flexibility index (Phi) is 4.05. The van der Waals surface area contributed by atoms with Gasteiger partial charge in [-0.15, -0.1) is 12.3 Å². The maximum Gasteiger partial charge on any atom is 0.123 e. The van der Waals surface area contributed by atoms with Gasteiger partial charge in [0.25, 0.3) is 0 Å². The summed E-state index contributed by atoms with van der Waals surface area (Å²) in [5.41, 5.74) is 3.99. The average molecular weight is 258 g/mol. The molecule has 0 bridgehead atoms. The Bertz CT molecular complexity index is 472. The minimum atomic E-state index is -0.251. The highest BCUT2D eigenvalue weighted by molar-refractivity contribution is 6.45. The quantitative estimate of drug-likeness (QED) is 0.730. The highest BCUT2D eigenvalue weighted by Crippen LogP contribution is 2.24. The average Bonchev–Trinajstić information content (AvgIpc) is 2.39. The van der Waals surface area contributed by atoms with Crippen molar-refractivity contribution in [2.24, 2.45) is 0 Å². The molecule has 0 saturated carbocycles. The summed E-state index contributed by atoms with van der Waals surface area (Å²) >= 11 is 0. The molecule has 18 heavy (non-hydrogen) atoms. The van der Waals surface area contributed by atoms with Gasteiger partial charge in [-0.05, 0) is 35.4 Å². The van der Waals surface area contributed by atoms with E-state index in [-0.39, 0.29) is 17.2 Å². The molecule has 3 heteroatoms. The molecule has 0 aliphatic heterocycles. The predicted octanol–water partition coefficient (Wildman–Crippen LogP) is 3.90. The topological polar surface area (TPSA) is 0 Å². The molecule has 0 N–H and O–H groups in total. The largest absolute Gasteiger partial charge is 0.207 e. The van der Waals surface area contributed by atoms with Crippen molar-refractivity contribution in [2.75, 3.05) is 0 Å². The number of hydrogen-bond donors (Lipinski definition) is 0. The van der Waals surface area contributed by atoms with Crippen molar-refractivity contribution in [1.82, 2.24) is 0 Å². The molecule has 2 radical (unpaired) electrons. The standard InChI is InChI=1S/C15H12F2Si/c1-2-18-15(11-3-7-13(16)8-4-11)12-5-9-14(17)10-6-12/h2-10,15H,1H2. The van der Waals surface area contributed by atoms with E-state index in [1.54, 1.807) is 24.3 Å². The van der Waals surface area contributed by atoms with Gasteiger partial charge in [-0.2, -0.15) is 0 Å². The van der Waals surface area contributed by atoms with E-state index in [1.807, 2.05) is 5.70 Å². The third kappa shape index (κ3) is 2.93. The van der Waals surface area contributed by atoms with E-state index < -0.39 is 0 Å². The summed E-state index contributed by atoms with van der Waals surface area (Å²) in [5.74, 6) is -0.503. The van der Waals surface area contributed by atoms with E-state index in [9.17, 15) is 8.78 Å². The second kappa shape index (κ2) is 5.73. The van der Waals surface area contributed by atoms with Gasteiger partial charge in [0.1, 0.15) is 11.6 Å². The lowest BCUT2D eigenvalue weighted by molar-refractivity contribution is 0.626. The zero-order valence-electron chi connectivity index (χ0n) is 9.74. The fourth-order valence-electron chi connectivity index (χ4n) is 1.81. The lowest BCUT2D eigenvalue weighted by Gasteiger charge is -2.15. The predicted molar refractivity (Wildman–Crippen MR) is 70.6 cm³/mol. The van der Waals surface area contributed by atoms with Crippen molar-refractivity contribution in [2.45, 2.75) is 5.54 Å². The van der Waals surface area contributed by atoms with Crippen LogP contribution in [0.25, 0.3) is 0 Å². The maximum atomic E-state index is 12.9. The molecule has 2 rings (SSSR count). The van der Waals surface area contributed by atoms with Crippen LogP contribution in [0.15, 0.2) is 60.8 Å². The lowest BCUT2D eigenvalue weighted by atomic mass is 10.0. The highest BCUT2D eigenvalue weighted by atomic mass is 28.2. The van der Waals surface area contributed by atoms with Gasteiger partial charge in [-0.1, -0.05) is 24.3 Å². The van der Waals surface area contributed by atoms with Crippen molar-refractivity contribution >= 4 is 9.52 Å². The SMILES string of the molecule is C=C[Si]C(c1ccc(F)cc1)c1ccc(F)cc1. The monoisotopic (exact) mass is 258 g/mol. The lowest BCUT2D eigenvalue weighted by Crippen LogP contribution is -2.08. The molecular weight excluding hydrogens is 246 g/mol. The zero-order chi connectivity index (χ0) is 13.0. The van der Waals surface area contributed by atoms with E-state index in [0.29, 0.717) is 9.52 Å². The van der Waals surface area contributed by atoms with Crippen molar-refractivity contribution < 1.29 is 8.78 Å². The number of rotatable bonds is 4. The first-order chi connectivity index (χ1) is 8.70. The molecule has 0 fully saturated rings. The Morgan fingerprint density at radius 2 is 1.22 bits per heavy atom. The van der Waals surface area contributed by atoms with E-state index in [2.05, 4.69) is 6.58 Å². The Hall–Kier alpha value is -1.74. The summed E-state index contributed by atoms with van der Waals surface area (Å²) in [5, 5.41) is 0. The van der Waals surface area contributed by atoms with Crippen LogP contribution in [0.5, 0.6) is 0 Å². The van der Waals surface area contributed by atoms with Gasteiger partial charge >= 0.3 is 0 Å². The number of benzene rings is 2. The van der Waals surface area contributed by atoms with Crippen LogP contribution in [0.1, 0.15) is 16.7 Å². The second-order valence-corrected chi connectivity index (χ2v) is 5.23. The molecule has 2 aromatic carbocycles. The molecular formula is C15H12F2Si. The van der Waals surface area contributed by atoms with E-state index in [4.69, 9.17) is 0 Å². The molecule has 0 nitrogen and oxygen atoms in total. The van der Waals surface area contributed by atoms with Gasteiger partial charge in [-0.3, -0.25) is 0 Å². The Balaban J connectivity index is 2.35. The van der Waals surface area contributed by atoms with Crippen LogP contribution in [0.3, 0.4) is 0 Å². The Labute approximate surface area is 108 Å². The molecule has 0 amide bonds. The Morgan fingerprint density at radius 3 is 1.56 bits per heavy atom. The first-order valence-electron chi connectivity index (χ1n) is 5.58. The Morgan fingerprint density at radius 1 is 0.833 bits per heavy atom. The van der Waals surface area contributed by atoms with Crippen molar-refractivity contribution in [1.29, 1.82) is 0 Å². The molecule has 0 aliphatic carbocycles. The van der Waals surface area contributed by atoms with Crippen LogP contribution in [0.2, 0.25) is 0 Å². The van der Waals surface area contributed by atoms with Gasteiger partial charge in [0.05, 0.1) is 9.52 Å². The summed E-state index contributed by atoms with van der Waals surface area (Å²) in [6.07, 6.45) is 0. The highest BCUT2D eigenvalue weighted by Gasteiger charge is 2.13. The maximum absolute atomic E-state index is 12.9. The molecule has 0 aromatic heterocycles. The smallest absolute Gasteiger partial charge is 0.123 e. The van der Waals surface area contributed by atoms with Crippen molar-refractivity contribution in [3.8, 4) is 0 Å². The van der Waals surface area contributed by atoms with Crippen molar-refractivity contribution in [3.05, 3.63) is 83.6 Å². The minimum Gasteiger partial charge on any atom is -0.207 e. The van der Waals surface area contributed by atoms with Crippen LogP contribution in [-0.2, 0) is 0 Å². The zero-order valence-corrected chi connectivity index (χ0v) is 10.7. The van der Waals surface area contributed by atoms with Crippen LogP contribution in [0, 0.1) is 11.6 Å². The van der Waals surface area contributed by atoms with E-state index in [1.165, 1.54) is 24.3 Å². The second-order valence-electron chi connectivity index (χ2n) is 3.91. The fourth-order valence-corrected chi connectivity index (χ4v) is 2.82. The molecule has 90 valence electrons. The summed E-state index contributed by atoms with van der Waals surface area (Å²) in [6, 6.07) is 12.8. The van der Waals surface area contributed by atoms with Gasteiger partial charge < -0.3 is 0 Å². The summed E-state index contributed by atoms with van der Waals surface area (Å²) in [6.45, 7) is 3.75. The number of hydrogen-bond acceptors (Lipinski definition) is 0. The first kappa shape index (κ1) is 12.7. The molecule has 0 heterocycles. The van der Waals surface area contributed by atoms with Gasteiger partial charge in [-0.25, -0.2) is 8.78 Å². The molecule has 0 saturated heterocycles. The van der Waals surface area contributed by atoms with Gasteiger partial charge in [0.2, 0.25) is 0 Å². The fraction of sp³-hybridized carbons (Fsp3) is 0.0667. The third-order valence-corrected chi connectivity index (χ3v) is 3.93. The molecule has 0 aliphatic rings. The van der Waals surface area contributed by atoms with Crippen LogP contribution >= 0.6 is 0 Å². The van der Waals surface area contributed by atoms with E-state index >= 15 is 0 Å². The van der Waals surface area contributed by atoms with Crippen LogP contribution in [-0.4, -0.2) is 9.52 Å². The number of halogens is 2. The van der Waals surface area contributed by atoms with Gasteiger partial charge in [0, 0.05) is 5.54 Å². The van der Waals surface area contributed by atoms with Crippen molar-refractivity contribution in [3.63, 3.8) is 0 Å². The van der Waals surface area contributed by atoms with Crippen LogP contribution < -0.4 is 0 Å². The summed E-state index contributed by atoms with van der Waals surface area (Å²) in [4.78, 5) is 0. The van der Waals surface area contributed by atoms with E-state index in [0.717, 1.165) is 11.1 Å². The molecule has 0 unspecified atom stereocenters. The van der Waals surface area contributed by atoms with Crippen LogP contribution in [0.4, 0.5) is 8.78 Å². The summed E-state index contributed by atoms with van der Waals surface area (Å²) < 4.78 is 25.8. The molecule has 0 atom stereocenters. The summed E-state index contributed by atoms with van der Waals surface area (Å²) in [7, 11) is 0.473. The minimum absolute atomic E-state index is 0.115. The normalized spacial score (nSPS) is 10.6. The molecule has 0 spiro atoms. The molecule has 2 aromatic rings. The van der Waals surface area contributed by atoms with Gasteiger partial charge in [0.15, 0.2) is 0 Å².